The number of ketones is 1. The minimum Gasteiger partial charge on any atom is -0.300 e. The summed E-state index contributed by atoms with van der Waals surface area (Å²) in [5.74, 6) is 4.07. The topological polar surface area (TPSA) is 17.1 Å². The highest BCUT2D eigenvalue weighted by Crippen LogP contribution is 2.11. The van der Waals surface area contributed by atoms with Gasteiger partial charge in [0.15, 0.2) is 0 Å². The molecule has 112 valence electrons. The molecule has 0 saturated carbocycles. The number of carbonyl (C=O) groups is 1. The molecule has 1 heteroatoms. The molecule has 0 fully saturated rings. The van der Waals surface area contributed by atoms with E-state index in [1.165, 1.54) is 5.56 Å². The zero-order valence-corrected chi connectivity index (χ0v) is 14.1. The Morgan fingerprint density at radius 3 is 1.50 bits per heavy atom. The maximum absolute atomic E-state index is 10.1. The highest BCUT2D eigenvalue weighted by atomic mass is 16.1. The van der Waals surface area contributed by atoms with Gasteiger partial charge in [-0.25, -0.2) is 0 Å². The number of carbonyl (C=O) groups excluding carboxylic acids is 1. The molecule has 0 aromatic heterocycles. The first-order valence-electron chi connectivity index (χ1n) is 7.23. The number of Topliss-reactive ketones (excluding diaryl/α,β-unsaturated/α-hetero) is 1. The summed E-state index contributed by atoms with van der Waals surface area (Å²) in [4.78, 5) is 10.1. The standard InChI is InChI=1S/C9H12.C5H10O.C5H8/c1-8(2)9-6-4-3-5-7-9;1-4(2)5(3)6;1-4-5(2)3/h3-8H,1-2H3;4H,1-3H3;1,5H,2-3H3. The summed E-state index contributed by atoms with van der Waals surface area (Å²) in [6.07, 6.45) is 4.92. The van der Waals surface area contributed by atoms with Gasteiger partial charge in [0.05, 0.1) is 0 Å². The first-order valence-corrected chi connectivity index (χ1v) is 7.23. The molecule has 1 aromatic rings. The molecule has 0 aliphatic carbocycles. The van der Waals surface area contributed by atoms with E-state index >= 15 is 0 Å². The van der Waals surface area contributed by atoms with Gasteiger partial charge in [-0.15, -0.1) is 12.3 Å². The lowest BCUT2D eigenvalue weighted by molar-refractivity contribution is -0.119. The molecular formula is C19H30O. The van der Waals surface area contributed by atoms with E-state index in [1.807, 2.05) is 33.8 Å². The Morgan fingerprint density at radius 1 is 1.00 bits per heavy atom. The lowest BCUT2D eigenvalue weighted by Crippen LogP contribution is -1.98. The van der Waals surface area contributed by atoms with Gasteiger partial charge in [0, 0.05) is 11.8 Å². The summed E-state index contributed by atoms with van der Waals surface area (Å²) < 4.78 is 0. The van der Waals surface area contributed by atoms with Crippen LogP contribution in [0.3, 0.4) is 0 Å². The Hall–Kier alpha value is -1.55. The van der Waals surface area contributed by atoms with Crippen LogP contribution in [0.4, 0.5) is 0 Å². The Labute approximate surface area is 125 Å². The van der Waals surface area contributed by atoms with Gasteiger partial charge in [-0.05, 0) is 18.4 Å². The maximum atomic E-state index is 10.1. The van der Waals surface area contributed by atoms with E-state index in [2.05, 4.69) is 44.0 Å². The van der Waals surface area contributed by atoms with Gasteiger partial charge in [0.2, 0.25) is 0 Å². The van der Waals surface area contributed by atoms with Crippen LogP contribution >= 0.6 is 0 Å². The van der Waals surface area contributed by atoms with Crippen molar-refractivity contribution in [3.8, 4) is 12.3 Å². The van der Waals surface area contributed by atoms with Crippen LogP contribution in [-0.4, -0.2) is 5.78 Å². The molecule has 0 spiro atoms. The molecule has 0 heterocycles. The average Bonchev–Trinajstić information content (AvgIpc) is 2.41. The third-order valence-electron chi connectivity index (χ3n) is 2.61. The number of rotatable bonds is 2. The quantitative estimate of drug-likeness (QED) is 0.667. The summed E-state index contributed by atoms with van der Waals surface area (Å²) >= 11 is 0. The monoisotopic (exact) mass is 274 g/mol. The predicted molar refractivity (Wildman–Crippen MR) is 89.7 cm³/mol. The van der Waals surface area contributed by atoms with Crippen molar-refractivity contribution < 1.29 is 4.79 Å². The van der Waals surface area contributed by atoms with E-state index in [0.29, 0.717) is 11.8 Å². The summed E-state index contributed by atoms with van der Waals surface area (Å²) in [6.45, 7) is 13.8. The lowest BCUT2D eigenvalue weighted by atomic mass is 10.0. The second kappa shape index (κ2) is 12.5. The number of hydrogen-bond acceptors (Lipinski definition) is 1. The van der Waals surface area contributed by atoms with E-state index in [-0.39, 0.29) is 11.7 Å². The molecule has 1 aromatic carbocycles. The third kappa shape index (κ3) is 14.5. The molecule has 0 radical (unpaired) electrons. The van der Waals surface area contributed by atoms with Gasteiger partial charge in [-0.1, -0.05) is 71.9 Å². The molecule has 0 aliphatic heterocycles. The lowest BCUT2D eigenvalue weighted by Gasteiger charge is -2.01. The van der Waals surface area contributed by atoms with Gasteiger partial charge >= 0.3 is 0 Å². The zero-order chi connectivity index (χ0) is 16.1. The molecule has 0 bridgehead atoms. The van der Waals surface area contributed by atoms with E-state index < -0.39 is 0 Å². The second-order valence-electron chi connectivity index (χ2n) is 5.65. The van der Waals surface area contributed by atoms with Crippen LogP contribution in [0.1, 0.15) is 59.9 Å². The van der Waals surface area contributed by atoms with E-state index in [0.717, 1.165) is 0 Å². The van der Waals surface area contributed by atoms with Crippen LogP contribution in [0, 0.1) is 24.2 Å². The SMILES string of the molecule is C#CC(C)C.CC(=O)C(C)C.CC(C)c1ccccc1. The largest absolute Gasteiger partial charge is 0.300 e. The smallest absolute Gasteiger partial charge is 0.132 e. The van der Waals surface area contributed by atoms with E-state index in [9.17, 15) is 4.79 Å². The molecule has 20 heavy (non-hydrogen) atoms. The fourth-order valence-corrected chi connectivity index (χ4v) is 0.838. The van der Waals surface area contributed by atoms with Crippen molar-refractivity contribution >= 4 is 5.78 Å². The number of benzene rings is 1. The molecule has 1 rings (SSSR count). The Kier molecular flexibility index (Phi) is 13.0. The Bertz CT molecular complexity index is 380. The van der Waals surface area contributed by atoms with E-state index in [1.54, 1.807) is 6.92 Å². The maximum Gasteiger partial charge on any atom is 0.132 e. The van der Waals surface area contributed by atoms with Crippen LogP contribution < -0.4 is 0 Å². The van der Waals surface area contributed by atoms with Gasteiger partial charge in [-0.2, -0.15) is 0 Å². The average molecular weight is 274 g/mol. The van der Waals surface area contributed by atoms with Crippen LogP contribution in [0.15, 0.2) is 30.3 Å². The van der Waals surface area contributed by atoms with Crippen LogP contribution in [0.25, 0.3) is 0 Å². The predicted octanol–water partition coefficient (Wildman–Crippen LogP) is 5.32. The van der Waals surface area contributed by atoms with Crippen LogP contribution in [0.2, 0.25) is 0 Å². The molecule has 0 atom stereocenters. The zero-order valence-electron chi connectivity index (χ0n) is 14.1. The first-order chi connectivity index (χ1) is 9.22. The minimum absolute atomic E-state index is 0.213. The van der Waals surface area contributed by atoms with E-state index in [4.69, 9.17) is 6.42 Å². The fourth-order valence-electron chi connectivity index (χ4n) is 0.838. The number of hydrogen-bond donors (Lipinski definition) is 0. The van der Waals surface area contributed by atoms with Crippen molar-refractivity contribution in [2.75, 3.05) is 0 Å². The summed E-state index contributed by atoms with van der Waals surface area (Å²) in [6, 6.07) is 10.5. The van der Waals surface area contributed by atoms with Gasteiger partial charge in [0.1, 0.15) is 5.78 Å². The summed E-state index contributed by atoms with van der Waals surface area (Å²) in [5.41, 5.74) is 1.41. The van der Waals surface area contributed by atoms with Crippen LogP contribution in [0.5, 0.6) is 0 Å². The fraction of sp³-hybridized carbons (Fsp3) is 0.526. The van der Waals surface area contributed by atoms with Crippen molar-refractivity contribution in [2.45, 2.75) is 54.4 Å². The molecule has 0 saturated heterocycles. The van der Waals surface area contributed by atoms with Crippen molar-refractivity contribution in [2.24, 2.45) is 11.8 Å². The molecule has 0 amide bonds. The summed E-state index contributed by atoms with van der Waals surface area (Å²) in [5, 5.41) is 0. The molecule has 0 N–H and O–H groups in total. The first kappa shape index (κ1) is 20.8. The van der Waals surface area contributed by atoms with Crippen LogP contribution in [-0.2, 0) is 4.79 Å². The third-order valence-corrected chi connectivity index (χ3v) is 2.61. The van der Waals surface area contributed by atoms with Gasteiger partial charge in [0.25, 0.3) is 0 Å². The van der Waals surface area contributed by atoms with Crippen molar-refractivity contribution in [3.05, 3.63) is 35.9 Å². The van der Waals surface area contributed by atoms with Crippen molar-refractivity contribution in [1.82, 2.24) is 0 Å². The Balaban J connectivity index is 0. The Morgan fingerprint density at radius 2 is 1.35 bits per heavy atom. The normalized spacial score (nSPS) is 9.25. The molecule has 0 unspecified atom stereocenters. The van der Waals surface area contributed by atoms with Gasteiger partial charge in [-0.3, -0.25) is 4.79 Å². The number of terminal acetylenes is 1. The highest BCUT2D eigenvalue weighted by Gasteiger charge is 1.95. The second-order valence-corrected chi connectivity index (χ2v) is 5.65. The van der Waals surface area contributed by atoms with Crippen molar-refractivity contribution in [1.29, 1.82) is 0 Å². The molecule has 0 aliphatic rings. The molecule has 1 nitrogen and oxygen atoms in total. The molecular weight excluding hydrogens is 244 g/mol. The highest BCUT2D eigenvalue weighted by molar-refractivity contribution is 5.77. The minimum atomic E-state index is 0.213. The van der Waals surface area contributed by atoms with Crippen molar-refractivity contribution in [3.63, 3.8) is 0 Å². The summed E-state index contributed by atoms with van der Waals surface area (Å²) in [7, 11) is 0. The van der Waals surface area contributed by atoms with Gasteiger partial charge < -0.3 is 0 Å².